The lowest BCUT2D eigenvalue weighted by molar-refractivity contribution is 0.393. The van der Waals surface area contributed by atoms with Crippen molar-refractivity contribution in [3.8, 4) is 28.4 Å². The van der Waals surface area contributed by atoms with E-state index in [0.29, 0.717) is 0 Å². The third-order valence-electron chi connectivity index (χ3n) is 4.71. The van der Waals surface area contributed by atoms with E-state index in [1.54, 1.807) is 14.2 Å². The summed E-state index contributed by atoms with van der Waals surface area (Å²) < 4.78 is 17.6. The number of fused-ring (bicyclic) bond motifs is 1. The minimum Gasteiger partial charge on any atom is -0.496 e. The first-order valence-electron chi connectivity index (χ1n) is 8.55. The second-order valence-corrected chi connectivity index (χ2v) is 10.4. The lowest BCUT2D eigenvalue weighted by atomic mass is 9.97. The fraction of sp³-hybridized carbons (Fsp3) is 0.429. The Morgan fingerprint density at radius 3 is 2.12 bits per heavy atom. The van der Waals surface area contributed by atoms with Gasteiger partial charge in [0.15, 0.2) is 0 Å². The Morgan fingerprint density at radius 2 is 1.60 bits per heavy atom. The van der Waals surface area contributed by atoms with E-state index in [0.717, 1.165) is 40.3 Å². The predicted molar refractivity (Wildman–Crippen MR) is 106 cm³/mol. The zero-order valence-corrected chi connectivity index (χ0v) is 17.1. The monoisotopic (exact) mass is 358 g/mol. The van der Waals surface area contributed by atoms with Crippen molar-refractivity contribution in [3.63, 3.8) is 0 Å². The highest BCUT2D eigenvalue weighted by Gasteiger charge is 2.37. The van der Waals surface area contributed by atoms with Crippen LogP contribution in [0.5, 0.6) is 17.2 Å². The smallest absolute Gasteiger partial charge is 0.133 e. The Kier molecular flexibility index (Phi) is 4.72. The molecule has 0 saturated carbocycles. The van der Waals surface area contributed by atoms with Crippen molar-refractivity contribution in [1.29, 1.82) is 0 Å². The summed E-state index contributed by atoms with van der Waals surface area (Å²) in [5.41, 5.74) is 4.46. The molecule has 2 aromatic carbocycles. The second-order valence-electron chi connectivity index (χ2n) is 7.48. The molecule has 0 radical (unpaired) electrons. The largest absolute Gasteiger partial charge is 0.496 e. The molecule has 0 aliphatic carbocycles. The van der Waals surface area contributed by atoms with Gasteiger partial charge >= 0.3 is 0 Å². The Balaban J connectivity index is 2.35. The molecule has 0 spiro atoms. The molecule has 3 nitrogen and oxygen atoms in total. The summed E-state index contributed by atoms with van der Waals surface area (Å²) in [5.74, 6) is 2.76. The van der Waals surface area contributed by atoms with Crippen molar-refractivity contribution >= 4 is 13.2 Å². The van der Waals surface area contributed by atoms with Gasteiger partial charge in [0.1, 0.15) is 23.6 Å². The van der Waals surface area contributed by atoms with Crippen LogP contribution in [-0.4, -0.2) is 25.7 Å². The molecule has 0 amide bonds. The van der Waals surface area contributed by atoms with Crippen LogP contribution in [-0.2, 0) is 0 Å². The molecule has 0 aromatic heterocycles. The molecule has 0 N–H and O–H groups in total. The van der Waals surface area contributed by atoms with Crippen LogP contribution in [0.15, 0.2) is 24.3 Å². The molecule has 1 aliphatic rings. The van der Waals surface area contributed by atoms with Gasteiger partial charge in [0, 0.05) is 10.9 Å². The van der Waals surface area contributed by atoms with Crippen LogP contribution in [0, 0.1) is 13.8 Å². The Bertz CT molecular complexity index is 778. The maximum absolute atomic E-state index is 6.05. The molecule has 3 rings (SSSR count). The molecular weight excluding hydrogens is 331 g/mol. The fourth-order valence-electron chi connectivity index (χ4n) is 3.57. The maximum Gasteiger partial charge on any atom is 0.133 e. The van der Waals surface area contributed by atoms with Crippen LogP contribution in [0.25, 0.3) is 11.1 Å². The van der Waals surface area contributed by atoms with E-state index in [1.165, 1.54) is 10.9 Å². The minimum absolute atomic E-state index is 0.177. The molecule has 1 atom stereocenters. The summed E-state index contributed by atoms with van der Waals surface area (Å²) in [5, 5.41) is 1.50. The summed E-state index contributed by atoms with van der Waals surface area (Å²) in [6.07, 6.45) is 0.778. The number of hydrogen-bond acceptors (Lipinski definition) is 3. The second kappa shape index (κ2) is 6.53. The maximum atomic E-state index is 6.05. The Morgan fingerprint density at radius 1 is 1.00 bits per heavy atom. The minimum atomic E-state index is -0.434. The predicted octanol–water partition coefficient (Wildman–Crippen LogP) is 5.24. The highest BCUT2D eigenvalue weighted by Crippen LogP contribution is 2.57. The lowest BCUT2D eigenvalue weighted by Gasteiger charge is -2.28. The van der Waals surface area contributed by atoms with Gasteiger partial charge in [-0.3, -0.25) is 0 Å². The molecule has 0 saturated heterocycles. The molecule has 0 bridgehead atoms. The third kappa shape index (κ3) is 3.00. The quantitative estimate of drug-likeness (QED) is 0.702. The van der Waals surface area contributed by atoms with Crippen molar-refractivity contribution in [3.05, 3.63) is 35.4 Å². The van der Waals surface area contributed by atoms with Crippen molar-refractivity contribution in [1.82, 2.24) is 0 Å². The number of rotatable bonds is 3. The molecule has 0 unspecified atom stereocenters. The van der Waals surface area contributed by atoms with Gasteiger partial charge in [-0.15, -0.1) is 0 Å². The van der Waals surface area contributed by atoms with Crippen LogP contribution < -0.4 is 19.5 Å². The summed E-state index contributed by atoms with van der Waals surface area (Å²) in [7, 11) is 3.02. The third-order valence-corrected chi connectivity index (χ3v) is 7.72. The normalized spacial score (nSPS) is 16.4. The first-order chi connectivity index (χ1) is 11.8. The lowest BCUT2D eigenvalue weighted by Crippen LogP contribution is -2.19. The molecule has 4 heteroatoms. The highest BCUT2D eigenvalue weighted by atomic mass is 31.1. The topological polar surface area (TPSA) is 27.7 Å². The molecule has 25 heavy (non-hydrogen) atoms. The standard InChI is InChI=1S/C21H27O3P/c1-13-11-14(2)19(23-7)17(18(13)22-6)15-9-8-10-16-20(15)25(12-24-16)21(3,4)5/h8-11H,12H2,1-7H3/t25-/m1/s1. The molecule has 1 heterocycles. The zero-order chi connectivity index (χ0) is 18.4. The van der Waals surface area contributed by atoms with Crippen LogP contribution in [0.2, 0.25) is 0 Å². The Labute approximate surface area is 152 Å². The van der Waals surface area contributed by atoms with Gasteiger partial charge in [-0.2, -0.15) is 0 Å². The van der Waals surface area contributed by atoms with E-state index >= 15 is 0 Å². The van der Waals surface area contributed by atoms with E-state index in [9.17, 15) is 0 Å². The average Bonchev–Trinajstić information content (AvgIpc) is 2.98. The van der Waals surface area contributed by atoms with Crippen LogP contribution in [0.1, 0.15) is 31.9 Å². The van der Waals surface area contributed by atoms with E-state index in [-0.39, 0.29) is 5.16 Å². The molecule has 2 aromatic rings. The highest BCUT2D eigenvalue weighted by molar-refractivity contribution is 7.67. The number of aryl methyl sites for hydroxylation is 2. The SMILES string of the molecule is COc1c(C)cc(C)c(OC)c1-c1cccc2c1[P@](C(C)(C)C)CO2. The number of benzene rings is 2. The van der Waals surface area contributed by atoms with Crippen molar-refractivity contribution in [2.45, 2.75) is 39.8 Å². The summed E-state index contributed by atoms with van der Waals surface area (Å²) in [6, 6.07) is 8.43. The van der Waals surface area contributed by atoms with Crippen LogP contribution in [0.3, 0.4) is 0 Å². The van der Waals surface area contributed by atoms with Gasteiger partial charge in [-0.1, -0.05) is 32.9 Å². The van der Waals surface area contributed by atoms with Gasteiger partial charge in [0.2, 0.25) is 0 Å². The van der Waals surface area contributed by atoms with Gasteiger partial charge in [0.25, 0.3) is 0 Å². The first kappa shape index (κ1) is 18.1. The van der Waals surface area contributed by atoms with Gasteiger partial charge < -0.3 is 14.2 Å². The molecular formula is C21H27O3P. The summed E-state index contributed by atoms with van der Waals surface area (Å²) in [4.78, 5) is 0. The van der Waals surface area contributed by atoms with E-state index in [4.69, 9.17) is 14.2 Å². The molecule has 134 valence electrons. The average molecular weight is 358 g/mol. The van der Waals surface area contributed by atoms with Gasteiger partial charge in [0.05, 0.1) is 19.8 Å². The number of ether oxygens (including phenoxy) is 3. The van der Waals surface area contributed by atoms with E-state index in [2.05, 4.69) is 58.9 Å². The Hall–Kier alpha value is -1.73. The number of hydrogen-bond donors (Lipinski definition) is 0. The van der Waals surface area contributed by atoms with Crippen molar-refractivity contribution < 1.29 is 14.2 Å². The van der Waals surface area contributed by atoms with Gasteiger partial charge in [-0.25, -0.2) is 0 Å². The van der Waals surface area contributed by atoms with Crippen molar-refractivity contribution in [2.24, 2.45) is 0 Å². The van der Waals surface area contributed by atoms with E-state index in [1.807, 2.05) is 0 Å². The van der Waals surface area contributed by atoms with Gasteiger partial charge in [-0.05, 0) is 50.2 Å². The fourth-order valence-corrected chi connectivity index (χ4v) is 5.91. The molecule has 1 aliphatic heterocycles. The summed E-state index contributed by atoms with van der Waals surface area (Å²) in [6.45, 7) is 11.1. The van der Waals surface area contributed by atoms with E-state index < -0.39 is 7.92 Å². The number of methoxy groups -OCH3 is 2. The van der Waals surface area contributed by atoms with Crippen molar-refractivity contribution in [2.75, 3.05) is 20.6 Å². The molecule has 0 fully saturated rings. The zero-order valence-electron chi connectivity index (χ0n) is 16.2. The first-order valence-corrected chi connectivity index (χ1v) is 10.1. The van der Waals surface area contributed by atoms with Crippen LogP contribution in [0.4, 0.5) is 0 Å². The summed E-state index contributed by atoms with van der Waals surface area (Å²) >= 11 is 0. The van der Waals surface area contributed by atoms with Crippen LogP contribution >= 0.6 is 7.92 Å².